The van der Waals surface area contributed by atoms with E-state index in [0.717, 1.165) is 0 Å². The molecule has 5 nitrogen and oxygen atoms in total. The van der Waals surface area contributed by atoms with E-state index in [1.54, 1.807) is 12.1 Å². The monoisotopic (exact) mass is 252 g/mol. The second-order valence-electron chi connectivity index (χ2n) is 3.50. The smallest absolute Gasteiger partial charge is 0.294 e. The molecular weight excluding hydrogens is 242 g/mol. The van der Waals surface area contributed by atoms with Gasteiger partial charge in [0.25, 0.3) is 10.1 Å². The Balaban J connectivity index is 2.91. The summed E-state index contributed by atoms with van der Waals surface area (Å²) in [5, 5.41) is 1.05. The molecule has 0 aliphatic heterocycles. The number of rotatable bonds is 2. The first kappa shape index (κ1) is 11.7. The molecule has 0 fully saturated rings. The molecular formula is C11H10NO4S. The van der Waals surface area contributed by atoms with E-state index >= 15 is 0 Å². The molecule has 0 saturated heterocycles. The molecule has 0 bridgehead atoms. The van der Waals surface area contributed by atoms with Crippen molar-refractivity contribution in [2.75, 3.05) is 7.11 Å². The second-order valence-corrected chi connectivity index (χ2v) is 4.92. The predicted molar refractivity (Wildman–Crippen MR) is 63.1 cm³/mol. The molecule has 0 saturated carbocycles. The Hall–Kier alpha value is -1.79. The number of benzene rings is 2. The van der Waals surface area contributed by atoms with Gasteiger partial charge < -0.3 is 10.5 Å². The van der Waals surface area contributed by atoms with Crippen LogP contribution in [0.2, 0.25) is 0 Å². The van der Waals surface area contributed by atoms with E-state index in [2.05, 4.69) is 0 Å². The van der Waals surface area contributed by atoms with Gasteiger partial charge in [0, 0.05) is 16.8 Å². The van der Waals surface area contributed by atoms with Crippen molar-refractivity contribution in [2.45, 2.75) is 4.90 Å². The maximum absolute atomic E-state index is 11.1. The van der Waals surface area contributed by atoms with Crippen LogP contribution in [0.15, 0.2) is 35.2 Å². The summed E-state index contributed by atoms with van der Waals surface area (Å²) in [7, 11) is -2.91. The fraction of sp³-hybridized carbons (Fsp3) is 0.0909. The maximum Gasteiger partial charge on any atom is 0.294 e. The van der Waals surface area contributed by atoms with Gasteiger partial charge in [0.1, 0.15) is 5.75 Å². The molecule has 2 aromatic carbocycles. The third-order valence-electron chi connectivity index (χ3n) is 2.45. The normalized spacial score (nSPS) is 11.6. The minimum atomic E-state index is -4.31. The van der Waals surface area contributed by atoms with Gasteiger partial charge in [0.05, 0.1) is 17.7 Å². The van der Waals surface area contributed by atoms with Crippen LogP contribution in [0, 0.1) is 0 Å². The van der Waals surface area contributed by atoms with E-state index in [1.165, 1.54) is 25.3 Å². The van der Waals surface area contributed by atoms with Crippen LogP contribution in [0.3, 0.4) is 0 Å². The van der Waals surface area contributed by atoms with Crippen LogP contribution in [-0.4, -0.2) is 20.1 Å². The highest BCUT2D eigenvalue weighted by molar-refractivity contribution is 7.85. The molecule has 6 heteroatoms. The van der Waals surface area contributed by atoms with Crippen LogP contribution < -0.4 is 10.5 Å². The summed E-state index contributed by atoms with van der Waals surface area (Å²) in [6, 6.07) is 7.43. The Morgan fingerprint density at radius 2 is 1.94 bits per heavy atom. The Morgan fingerprint density at radius 1 is 1.24 bits per heavy atom. The Bertz CT molecular complexity index is 679. The van der Waals surface area contributed by atoms with Gasteiger partial charge in [-0.15, -0.1) is 0 Å². The van der Waals surface area contributed by atoms with Crippen LogP contribution in [-0.2, 0) is 10.1 Å². The molecule has 17 heavy (non-hydrogen) atoms. The zero-order valence-corrected chi connectivity index (χ0v) is 9.78. The van der Waals surface area contributed by atoms with Crippen LogP contribution in [0.1, 0.15) is 0 Å². The number of methoxy groups -OCH3 is 1. The van der Waals surface area contributed by atoms with Gasteiger partial charge in [-0.3, -0.25) is 4.55 Å². The average molecular weight is 252 g/mol. The van der Waals surface area contributed by atoms with E-state index < -0.39 is 10.1 Å². The maximum atomic E-state index is 11.1. The molecule has 0 aliphatic carbocycles. The first-order chi connectivity index (χ1) is 7.93. The van der Waals surface area contributed by atoms with Crippen molar-refractivity contribution in [2.24, 2.45) is 0 Å². The minimum absolute atomic E-state index is 0.173. The summed E-state index contributed by atoms with van der Waals surface area (Å²) in [5.41, 5.74) is 7.88. The molecule has 89 valence electrons. The largest absolute Gasteiger partial charge is 0.496 e. The van der Waals surface area contributed by atoms with E-state index in [1.807, 2.05) is 0 Å². The van der Waals surface area contributed by atoms with Gasteiger partial charge in [-0.1, -0.05) is 12.1 Å². The SMILES string of the molecule is COc1cc(S(=O)(=O)O)cc2c([NH])cccc12. The average Bonchev–Trinajstić information content (AvgIpc) is 2.27. The van der Waals surface area contributed by atoms with Gasteiger partial charge in [-0.05, 0) is 12.1 Å². The standard InChI is InChI=1S/C11H10NO4S/c1-16-11-6-7(17(13,14)15)5-9-8(11)3-2-4-10(9)12/h2-6,12H,1H3,(H,13,14,15). The zero-order chi connectivity index (χ0) is 12.6. The van der Waals surface area contributed by atoms with E-state index in [-0.39, 0.29) is 10.6 Å². The molecule has 2 N–H and O–H groups in total. The number of hydrogen-bond acceptors (Lipinski definition) is 3. The molecule has 0 spiro atoms. The van der Waals surface area contributed by atoms with E-state index in [4.69, 9.17) is 15.0 Å². The van der Waals surface area contributed by atoms with Crippen LogP contribution in [0.4, 0.5) is 5.69 Å². The van der Waals surface area contributed by atoms with Crippen molar-refractivity contribution in [3.63, 3.8) is 0 Å². The van der Waals surface area contributed by atoms with Crippen molar-refractivity contribution in [3.8, 4) is 5.75 Å². The highest BCUT2D eigenvalue weighted by atomic mass is 32.2. The Kier molecular flexibility index (Phi) is 2.68. The lowest BCUT2D eigenvalue weighted by Gasteiger charge is -2.08. The summed E-state index contributed by atoms with van der Waals surface area (Å²) in [4.78, 5) is -0.276. The third kappa shape index (κ3) is 2.04. The first-order valence-corrected chi connectivity index (χ1v) is 6.17. The highest BCUT2D eigenvalue weighted by Gasteiger charge is 2.14. The number of hydrogen-bond donors (Lipinski definition) is 1. The summed E-state index contributed by atoms with van der Waals surface area (Å²) >= 11 is 0. The van der Waals surface area contributed by atoms with Crippen molar-refractivity contribution < 1.29 is 17.7 Å². The zero-order valence-electron chi connectivity index (χ0n) is 8.97. The Morgan fingerprint density at radius 3 is 2.53 bits per heavy atom. The fourth-order valence-corrected chi connectivity index (χ4v) is 2.17. The van der Waals surface area contributed by atoms with Crippen molar-refractivity contribution in [1.29, 1.82) is 0 Å². The number of fused-ring (bicyclic) bond motifs is 1. The van der Waals surface area contributed by atoms with Gasteiger partial charge in [-0.25, -0.2) is 0 Å². The molecule has 0 atom stereocenters. The molecule has 2 aromatic rings. The van der Waals surface area contributed by atoms with Crippen molar-refractivity contribution >= 4 is 26.6 Å². The lowest BCUT2D eigenvalue weighted by atomic mass is 10.1. The topological polar surface area (TPSA) is 87.4 Å². The van der Waals surface area contributed by atoms with Gasteiger partial charge >= 0.3 is 0 Å². The predicted octanol–water partition coefficient (Wildman–Crippen LogP) is 2.01. The summed E-state index contributed by atoms with van der Waals surface area (Å²) in [6.07, 6.45) is 0. The molecule has 0 aliphatic rings. The van der Waals surface area contributed by atoms with Gasteiger partial charge in [0.2, 0.25) is 0 Å². The van der Waals surface area contributed by atoms with Crippen molar-refractivity contribution in [1.82, 2.24) is 5.73 Å². The van der Waals surface area contributed by atoms with E-state index in [9.17, 15) is 8.42 Å². The second kappa shape index (κ2) is 3.90. The first-order valence-electron chi connectivity index (χ1n) is 4.73. The van der Waals surface area contributed by atoms with Crippen LogP contribution in [0.25, 0.3) is 10.8 Å². The molecule has 0 aromatic heterocycles. The summed E-state index contributed by atoms with van der Waals surface area (Å²) < 4.78 is 36.3. The molecule has 2 rings (SSSR count). The van der Waals surface area contributed by atoms with Crippen molar-refractivity contribution in [3.05, 3.63) is 30.3 Å². The molecule has 0 amide bonds. The van der Waals surface area contributed by atoms with Crippen LogP contribution >= 0.6 is 0 Å². The van der Waals surface area contributed by atoms with Gasteiger partial charge in [0.15, 0.2) is 0 Å². The fourth-order valence-electron chi connectivity index (χ4n) is 1.64. The summed E-state index contributed by atoms with van der Waals surface area (Å²) in [6.45, 7) is 0. The van der Waals surface area contributed by atoms with Crippen LogP contribution in [0.5, 0.6) is 5.75 Å². The Labute approximate surface area is 98.6 Å². The lowest BCUT2D eigenvalue weighted by Crippen LogP contribution is -1.99. The quantitative estimate of drug-likeness (QED) is 0.828. The molecule has 1 radical (unpaired) electrons. The summed E-state index contributed by atoms with van der Waals surface area (Å²) in [5.74, 6) is 0.309. The minimum Gasteiger partial charge on any atom is -0.496 e. The van der Waals surface area contributed by atoms with Gasteiger partial charge in [-0.2, -0.15) is 8.42 Å². The van der Waals surface area contributed by atoms with E-state index in [0.29, 0.717) is 16.5 Å². The number of ether oxygens (including phenoxy) is 1. The number of nitrogens with one attached hydrogen (secondary N) is 1. The third-order valence-corrected chi connectivity index (χ3v) is 3.28. The molecule has 0 unspecified atom stereocenters. The lowest BCUT2D eigenvalue weighted by molar-refractivity contribution is 0.417. The highest BCUT2D eigenvalue weighted by Crippen LogP contribution is 2.32. The molecule has 0 heterocycles.